The first-order valence-corrected chi connectivity index (χ1v) is 13.1. The van der Waals surface area contributed by atoms with E-state index in [9.17, 15) is 30.0 Å². The number of aliphatic hydroxyl groups excluding tert-OH is 5. The number of nitrogens with zero attached hydrogens (tertiary/aromatic N) is 5. The van der Waals surface area contributed by atoms with E-state index in [-0.39, 0.29) is 0 Å². The molecule has 218 valence electrons. The monoisotopic (exact) mass is 632 g/mol. The van der Waals surface area contributed by atoms with E-state index in [0.29, 0.717) is 39.4 Å². The van der Waals surface area contributed by atoms with Crippen LogP contribution in [0.5, 0.6) is 0 Å². The molecule has 3 amide bonds. The first-order valence-electron chi connectivity index (χ1n) is 12.3. The first-order chi connectivity index (χ1) is 19.5. The van der Waals surface area contributed by atoms with Gasteiger partial charge in [0.25, 0.3) is 5.91 Å². The van der Waals surface area contributed by atoms with E-state index in [0.717, 1.165) is 9.37 Å². The molecule has 0 radical (unpaired) electrons. The largest absolute Gasteiger partial charge is 0.394 e. The number of H-pyrrole nitrogens is 1. The first kappa shape index (κ1) is 30.0. The average molecular weight is 633 g/mol. The highest BCUT2D eigenvalue weighted by atomic mass is 79.9. The van der Waals surface area contributed by atoms with Crippen molar-refractivity contribution >= 4 is 50.1 Å². The van der Waals surface area contributed by atoms with Crippen molar-refractivity contribution in [2.24, 2.45) is 7.05 Å². The highest BCUT2D eigenvalue weighted by Crippen LogP contribution is 2.30. The van der Waals surface area contributed by atoms with Crippen molar-refractivity contribution in [2.75, 3.05) is 30.8 Å². The van der Waals surface area contributed by atoms with Crippen molar-refractivity contribution in [1.82, 2.24) is 30.1 Å². The minimum Gasteiger partial charge on any atom is -0.394 e. The number of benzene rings is 2. The van der Waals surface area contributed by atoms with Gasteiger partial charge in [0.2, 0.25) is 0 Å². The van der Waals surface area contributed by atoms with Gasteiger partial charge in [0, 0.05) is 29.5 Å². The number of nitrogens with one attached hydrogen (secondary N) is 3. The van der Waals surface area contributed by atoms with Crippen molar-refractivity contribution in [2.45, 2.75) is 24.4 Å². The van der Waals surface area contributed by atoms with Crippen LogP contribution in [-0.2, 0) is 7.05 Å². The summed E-state index contributed by atoms with van der Waals surface area (Å²) in [5.74, 6) is -0.0561. The number of aromatic nitrogens is 5. The normalized spacial score (nSPS) is 14.3. The number of hydrogen-bond donors (Lipinski definition) is 8. The number of carbonyl (C=O) groups is 2. The maximum absolute atomic E-state index is 13.4. The third-order valence-corrected chi connectivity index (χ3v) is 6.99. The number of carbonyl (C=O) groups excluding carboxylic acids is 2. The summed E-state index contributed by atoms with van der Waals surface area (Å²) in [6, 6.07) is 11.4. The van der Waals surface area contributed by atoms with Gasteiger partial charge in [0.15, 0.2) is 5.82 Å². The van der Waals surface area contributed by atoms with Crippen molar-refractivity contribution in [3.63, 3.8) is 0 Å². The van der Waals surface area contributed by atoms with Gasteiger partial charge in [0.1, 0.15) is 30.1 Å². The van der Waals surface area contributed by atoms with Gasteiger partial charge in [0.05, 0.1) is 30.0 Å². The fourth-order valence-electron chi connectivity index (χ4n) is 4.26. The third-order valence-electron chi connectivity index (χ3n) is 6.49. The number of para-hydroxylation sites is 1. The van der Waals surface area contributed by atoms with E-state index in [1.54, 1.807) is 54.1 Å². The van der Waals surface area contributed by atoms with E-state index < -0.39 is 49.5 Å². The molecule has 15 nitrogen and oxygen atoms in total. The van der Waals surface area contributed by atoms with Crippen LogP contribution in [0.4, 0.5) is 16.2 Å². The Morgan fingerprint density at radius 3 is 2.46 bits per heavy atom. The molecule has 0 spiro atoms. The van der Waals surface area contributed by atoms with Gasteiger partial charge in [-0.3, -0.25) is 4.79 Å². The lowest BCUT2D eigenvalue weighted by atomic mass is 10.0. The number of amides is 3. The smallest absolute Gasteiger partial charge is 0.321 e. The molecule has 0 saturated carbocycles. The Morgan fingerprint density at radius 2 is 1.78 bits per heavy atom. The van der Waals surface area contributed by atoms with Crippen LogP contribution in [0, 0.1) is 0 Å². The number of urea groups is 1. The summed E-state index contributed by atoms with van der Waals surface area (Å²) < 4.78 is 2.39. The Labute approximate surface area is 241 Å². The molecule has 2 aromatic heterocycles. The zero-order chi connectivity index (χ0) is 29.8. The molecule has 41 heavy (non-hydrogen) atoms. The van der Waals surface area contributed by atoms with Gasteiger partial charge in [-0.25, -0.2) is 9.89 Å². The summed E-state index contributed by atoms with van der Waals surface area (Å²) in [5, 5.41) is 68.6. The van der Waals surface area contributed by atoms with Crippen LogP contribution in [0.15, 0.2) is 46.9 Å². The van der Waals surface area contributed by atoms with Crippen molar-refractivity contribution < 1.29 is 35.1 Å². The zero-order valence-electron chi connectivity index (χ0n) is 21.9. The molecule has 2 heterocycles. The molecule has 0 aliphatic rings. The lowest BCUT2D eigenvalue weighted by molar-refractivity contribution is -0.117. The van der Waals surface area contributed by atoms with Gasteiger partial charge in [-0.2, -0.15) is 0 Å². The summed E-state index contributed by atoms with van der Waals surface area (Å²) in [5.41, 5.74) is 2.27. The lowest BCUT2D eigenvalue weighted by Gasteiger charge is -2.28. The van der Waals surface area contributed by atoms with Crippen LogP contribution < -0.4 is 10.6 Å². The SMILES string of the molecule is CN(CC(O)C(O)C(O)C(O)CO)C(=O)Nc1cccc2cc(C(=O)Nc3ccc(Br)cc3-c3nnn[nH]3)n(C)c12. The quantitative estimate of drug-likeness (QED) is 0.119. The number of likely N-dealkylation sites (N-methyl/N-ethyl adjacent to an activating group) is 1. The predicted molar refractivity (Wildman–Crippen MR) is 151 cm³/mol. The molecule has 0 fully saturated rings. The molecule has 0 aliphatic heterocycles. The van der Waals surface area contributed by atoms with Crippen LogP contribution in [0.1, 0.15) is 10.5 Å². The Bertz CT molecular complexity index is 1530. The summed E-state index contributed by atoms with van der Waals surface area (Å²) in [4.78, 5) is 27.3. The van der Waals surface area contributed by atoms with Gasteiger partial charge >= 0.3 is 6.03 Å². The second-order valence-corrected chi connectivity index (χ2v) is 10.3. The number of hydrogen-bond acceptors (Lipinski definition) is 10. The number of halogens is 1. The molecular formula is C25H29BrN8O7. The molecule has 8 N–H and O–H groups in total. The fourth-order valence-corrected chi connectivity index (χ4v) is 4.62. The molecule has 0 bridgehead atoms. The van der Waals surface area contributed by atoms with Gasteiger partial charge in [-0.15, -0.1) is 5.10 Å². The van der Waals surface area contributed by atoms with Crippen LogP contribution in [-0.4, -0.2) is 112 Å². The molecule has 0 saturated heterocycles. The lowest BCUT2D eigenvalue weighted by Crippen LogP contribution is -2.50. The molecule has 4 unspecified atom stereocenters. The van der Waals surface area contributed by atoms with Crippen LogP contribution in [0.25, 0.3) is 22.3 Å². The third kappa shape index (κ3) is 6.53. The Hall–Kier alpha value is -3.93. The fraction of sp³-hybridized carbons (Fsp3) is 0.320. The van der Waals surface area contributed by atoms with Crippen molar-refractivity contribution in [3.05, 3.63) is 52.6 Å². The van der Waals surface area contributed by atoms with E-state index in [1.807, 2.05) is 0 Å². The van der Waals surface area contributed by atoms with Crippen molar-refractivity contribution in [1.29, 1.82) is 0 Å². The summed E-state index contributed by atoms with van der Waals surface area (Å²) in [7, 11) is 3.04. The van der Waals surface area contributed by atoms with Crippen LogP contribution >= 0.6 is 15.9 Å². The highest BCUT2D eigenvalue weighted by molar-refractivity contribution is 9.10. The maximum atomic E-state index is 13.4. The van der Waals surface area contributed by atoms with E-state index in [4.69, 9.17) is 5.11 Å². The minimum absolute atomic E-state index is 0.301. The summed E-state index contributed by atoms with van der Waals surface area (Å²) in [6.07, 6.45) is -6.89. The molecule has 16 heteroatoms. The highest BCUT2D eigenvalue weighted by Gasteiger charge is 2.31. The molecule has 0 aliphatic carbocycles. The Balaban J connectivity index is 1.52. The topological polar surface area (TPSA) is 222 Å². The molecule has 4 aromatic rings. The number of rotatable bonds is 10. The predicted octanol–water partition coefficient (Wildman–Crippen LogP) is 0.273. The number of aryl methyl sites for hydroxylation is 1. The minimum atomic E-state index is -1.81. The van der Waals surface area contributed by atoms with E-state index in [1.165, 1.54) is 7.05 Å². The van der Waals surface area contributed by atoms with Crippen molar-refractivity contribution in [3.8, 4) is 11.4 Å². The number of aromatic amines is 1. The molecule has 4 atom stereocenters. The van der Waals surface area contributed by atoms with Crippen LogP contribution in [0.2, 0.25) is 0 Å². The van der Waals surface area contributed by atoms with Crippen LogP contribution in [0.3, 0.4) is 0 Å². The second-order valence-electron chi connectivity index (χ2n) is 9.34. The zero-order valence-corrected chi connectivity index (χ0v) is 23.5. The van der Waals surface area contributed by atoms with E-state index >= 15 is 0 Å². The average Bonchev–Trinajstić information content (AvgIpc) is 3.61. The van der Waals surface area contributed by atoms with E-state index in [2.05, 4.69) is 47.2 Å². The number of tetrazole rings is 1. The molecule has 4 rings (SSSR count). The maximum Gasteiger partial charge on any atom is 0.321 e. The molecular weight excluding hydrogens is 604 g/mol. The summed E-state index contributed by atoms with van der Waals surface area (Å²) >= 11 is 3.41. The standard InChI is InChI=1S/C25H29BrN8O7/c1-33(10-18(36)21(38)22(39)19(37)11-35)25(41)28-16-5-3-4-12-8-17(34(2)20(12)16)24(40)27-15-7-6-13(26)9-14(15)23-29-31-32-30-23/h3-9,18-19,21-22,35-39H,10-11H2,1-2H3,(H,27,40)(H,28,41)(H,29,30,31,32). The number of anilines is 2. The van der Waals surface area contributed by atoms with Gasteiger partial charge < -0.3 is 45.6 Å². The number of aliphatic hydroxyl groups is 5. The summed E-state index contributed by atoms with van der Waals surface area (Å²) in [6.45, 7) is -1.21. The second kappa shape index (κ2) is 12.7. The Morgan fingerprint density at radius 1 is 1.05 bits per heavy atom. The number of fused-ring (bicyclic) bond motifs is 1. The molecule has 2 aromatic carbocycles. The van der Waals surface area contributed by atoms with Gasteiger partial charge in [-0.05, 0) is 40.8 Å². The Kier molecular flexibility index (Phi) is 9.31. The van der Waals surface area contributed by atoms with Gasteiger partial charge in [-0.1, -0.05) is 28.1 Å².